The third kappa shape index (κ3) is 3.91. The Morgan fingerprint density at radius 2 is 1.95 bits per heavy atom. The molecule has 1 saturated heterocycles. The molecule has 0 spiro atoms. The van der Waals surface area contributed by atoms with Crippen molar-refractivity contribution in [1.82, 2.24) is 24.3 Å². The second-order valence-corrected chi connectivity index (χ2v) is 10.7. The van der Waals surface area contributed by atoms with Gasteiger partial charge in [0.15, 0.2) is 0 Å². The molecule has 3 N–H and O–H groups in total. The third-order valence-electron chi connectivity index (χ3n) is 8.44. The average Bonchev–Trinajstić information content (AvgIpc) is 3.55. The number of piperidine rings is 1. The van der Waals surface area contributed by atoms with Crippen LogP contribution in [0.2, 0.25) is 0 Å². The number of nitrogen functional groups attached to an aromatic ring is 1. The number of carbonyl (C=O) groups is 1. The van der Waals surface area contributed by atoms with E-state index in [0.717, 1.165) is 64.9 Å². The predicted molar refractivity (Wildman–Crippen MR) is 143 cm³/mol. The smallest absolute Gasteiger partial charge is 0.251 e. The molecule has 1 saturated carbocycles. The normalized spacial score (nSPS) is 22.8. The summed E-state index contributed by atoms with van der Waals surface area (Å²) < 4.78 is 8.16. The highest BCUT2D eigenvalue weighted by Gasteiger charge is 2.33. The number of aromatic amines is 1. The maximum absolute atomic E-state index is 13.3. The highest BCUT2D eigenvalue weighted by atomic mass is 16.5. The fraction of sp³-hybridized carbons (Fsp3) is 0.414. The number of carbonyl (C=O) groups excluding carboxylic acids is 1. The Labute approximate surface area is 215 Å². The van der Waals surface area contributed by atoms with E-state index in [1.165, 1.54) is 12.8 Å². The van der Waals surface area contributed by atoms with Gasteiger partial charge in [-0.3, -0.25) is 9.20 Å². The summed E-state index contributed by atoms with van der Waals surface area (Å²) in [4.78, 5) is 28.3. The van der Waals surface area contributed by atoms with Gasteiger partial charge in [0.2, 0.25) is 0 Å². The summed E-state index contributed by atoms with van der Waals surface area (Å²) in [5.74, 6) is 2.22. The molecule has 2 fully saturated rings. The van der Waals surface area contributed by atoms with Crippen molar-refractivity contribution in [3.05, 3.63) is 60.2 Å². The topological polar surface area (TPSA) is 102 Å². The van der Waals surface area contributed by atoms with Gasteiger partial charge in [-0.15, -0.1) is 0 Å². The Hall–Kier alpha value is -3.65. The van der Waals surface area contributed by atoms with Crippen molar-refractivity contribution < 1.29 is 9.53 Å². The van der Waals surface area contributed by atoms with Gasteiger partial charge in [-0.1, -0.05) is 37.1 Å². The van der Waals surface area contributed by atoms with E-state index in [0.29, 0.717) is 37.5 Å². The van der Waals surface area contributed by atoms with Gasteiger partial charge in [0.1, 0.15) is 22.9 Å². The second-order valence-electron chi connectivity index (χ2n) is 10.7. The van der Waals surface area contributed by atoms with Gasteiger partial charge in [-0.25, -0.2) is 9.97 Å². The van der Waals surface area contributed by atoms with Crippen LogP contribution < -0.4 is 5.73 Å². The molecule has 190 valence electrons. The Bertz CT molecular complexity index is 1480. The van der Waals surface area contributed by atoms with E-state index in [-0.39, 0.29) is 11.8 Å². The third-order valence-corrected chi connectivity index (χ3v) is 8.44. The minimum atomic E-state index is 0.141. The van der Waals surface area contributed by atoms with E-state index >= 15 is 0 Å². The number of hydrogen-bond acceptors (Lipinski definition) is 5. The number of nitrogens with one attached hydrogen (secondary N) is 1. The van der Waals surface area contributed by atoms with Crippen LogP contribution in [0.1, 0.15) is 50.3 Å². The van der Waals surface area contributed by atoms with Gasteiger partial charge in [-0.05, 0) is 37.8 Å². The van der Waals surface area contributed by atoms with Crippen LogP contribution in [0.15, 0.2) is 54.4 Å². The largest absolute Gasteiger partial charge is 0.382 e. The maximum Gasteiger partial charge on any atom is 0.251 e. The number of imidazole rings is 1. The molecule has 4 aromatic rings. The molecule has 1 amide bonds. The molecule has 3 aliphatic rings. The standard InChI is InChI=1S/C29H32N6O2/c30-27-26-25(23-16-19-5-1-3-7-22(19)32-23)33-28(35(26)14-11-31-27)18-9-12-34(13-10-18)29(36)21-15-20-6-2-4-8-24(20)37-17-21/h1,3,5,7,11,14-16,18,20,24,32H,2,4,6,8-10,12-13,17H2,(H2,30,31). The summed E-state index contributed by atoms with van der Waals surface area (Å²) in [5, 5.41) is 1.13. The molecule has 1 aliphatic carbocycles. The zero-order chi connectivity index (χ0) is 24.9. The molecule has 2 aliphatic heterocycles. The van der Waals surface area contributed by atoms with Crippen molar-refractivity contribution in [3.63, 3.8) is 0 Å². The van der Waals surface area contributed by atoms with Crippen molar-refractivity contribution in [2.45, 2.75) is 50.5 Å². The Balaban J connectivity index is 1.14. The van der Waals surface area contributed by atoms with Crippen LogP contribution in [0.5, 0.6) is 0 Å². The number of aromatic nitrogens is 4. The molecular formula is C29H32N6O2. The molecule has 37 heavy (non-hydrogen) atoms. The van der Waals surface area contributed by atoms with E-state index in [2.05, 4.69) is 38.6 Å². The summed E-state index contributed by atoms with van der Waals surface area (Å²) in [5.41, 5.74) is 10.9. The van der Waals surface area contributed by atoms with Crippen molar-refractivity contribution in [2.75, 3.05) is 25.4 Å². The van der Waals surface area contributed by atoms with Crippen LogP contribution in [0.3, 0.4) is 0 Å². The number of likely N-dealkylation sites (tertiary alicyclic amines) is 1. The monoisotopic (exact) mass is 496 g/mol. The quantitative estimate of drug-likeness (QED) is 0.429. The van der Waals surface area contributed by atoms with Crippen LogP contribution in [-0.4, -0.2) is 56.0 Å². The minimum Gasteiger partial charge on any atom is -0.382 e. The van der Waals surface area contributed by atoms with Crippen molar-refractivity contribution in [3.8, 4) is 11.4 Å². The van der Waals surface area contributed by atoms with E-state index in [9.17, 15) is 4.79 Å². The van der Waals surface area contributed by atoms with Crippen molar-refractivity contribution >= 4 is 28.1 Å². The summed E-state index contributed by atoms with van der Waals surface area (Å²) in [6.45, 7) is 1.88. The number of para-hydroxylation sites is 1. The average molecular weight is 497 g/mol. The maximum atomic E-state index is 13.3. The minimum absolute atomic E-state index is 0.141. The number of anilines is 1. The van der Waals surface area contributed by atoms with Crippen molar-refractivity contribution in [1.29, 1.82) is 0 Å². The number of ether oxygens (including phenoxy) is 1. The summed E-state index contributed by atoms with van der Waals surface area (Å²) >= 11 is 0. The zero-order valence-corrected chi connectivity index (χ0v) is 20.9. The second kappa shape index (κ2) is 9.03. The van der Waals surface area contributed by atoms with Gasteiger partial charge in [0.25, 0.3) is 5.91 Å². The predicted octanol–water partition coefficient (Wildman–Crippen LogP) is 4.68. The van der Waals surface area contributed by atoms with Crippen LogP contribution in [0.25, 0.3) is 27.8 Å². The number of hydrogen-bond donors (Lipinski definition) is 2. The van der Waals surface area contributed by atoms with Crippen LogP contribution in [-0.2, 0) is 9.53 Å². The number of benzene rings is 1. The number of H-pyrrole nitrogens is 1. The molecule has 0 bridgehead atoms. The Morgan fingerprint density at radius 1 is 1.11 bits per heavy atom. The number of fused-ring (bicyclic) bond motifs is 3. The number of nitrogens with zero attached hydrogens (tertiary/aromatic N) is 4. The van der Waals surface area contributed by atoms with Gasteiger partial charge in [0, 0.05) is 53.8 Å². The molecule has 8 nitrogen and oxygen atoms in total. The molecule has 2 atom stereocenters. The van der Waals surface area contributed by atoms with Gasteiger partial charge >= 0.3 is 0 Å². The SMILES string of the molecule is Nc1nccn2c(C3CCN(C(=O)C4=CC5CCCCC5OC4)CC3)nc(-c3cc4ccccc4[nH]3)c12. The zero-order valence-electron chi connectivity index (χ0n) is 20.9. The van der Waals surface area contributed by atoms with E-state index in [4.69, 9.17) is 15.5 Å². The van der Waals surface area contributed by atoms with E-state index < -0.39 is 0 Å². The van der Waals surface area contributed by atoms with Crippen molar-refractivity contribution in [2.24, 2.45) is 5.92 Å². The number of rotatable bonds is 3. The molecule has 8 heteroatoms. The van der Waals surface area contributed by atoms with Crippen LogP contribution >= 0.6 is 0 Å². The van der Waals surface area contributed by atoms with E-state index in [1.807, 2.05) is 23.2 Å². The molecule has 1 aromatic carbocycles. The molecule has 3 aromatic heterocycles. The van der Waals surface area contributed by atoms with Crippen LogP contribution in [0.4, 0.5) is 5.82 Å². The molecule has 5 heterocycles. The van der Waals surface area contributed by atoms with E-state index in [1.54, 1.807) is 6.20 Å². The van der Waals surface area contributed by atoms with Crippen LogP contribution in [0, 0.1) is 5.92 Å². The van der Waals surface area contributed by atoms with Gasteiger partial charge in [0.05, 0.1) is 18.4 Å². The first-order valence-electron chi connectivity index (χ1n) is 13.5. The fourth-order valence-corrected chi connectivity index (χ4v) is 6.47. The van der Waals surface area contributed by atoms with Gasteiger partial charge in [-0.2, -0.15) is 0 Å². The Morgan fingerprint density at radius 3 is 2.81 bits per heavy atom. The lowest BCUT2D eigenvalue weighted by Gasteiger charge is -2.36. The summed E-state index contributed by atoms with van der Waals surface area (Å²) in [6, 6.07) is 10.3. The first kappa shape index (κ1) is 22.5. The highest BCUT2D eigenvalue weighted by molar-refractivity contribution is 5.94. The first-order valence-corrected chi connectivity index (χ1v) is 13.5. The lowest BCUT2D eigenvalue weighted by atomic mass is 9.83. The number of nitrogens with two attached hydrogens (primary N) is 1. The summed E-state index contributed by atoms with van der Waals surface area (Å²) in [7, 11) is 0. The number of amides is 1. The molecule has 2 unspecified atom stereocenters. The Kier molecular flexibility index (Phi) is 5.50. The fourth-order valence-electron chi connectivity index (χ4n) is 6.47. The molecular weight excluding hydrogens is 464 g/mol. The molecule has 7 rings (SSSR count). The van der Waals surface area contributed by atoms with Gasteiger partial charge < -0.3 is 20.4 Å². The summed E-state index contributed by atoms with van der Waals surface area (Å²) in [6.07, 6.45) is 12.6. The first-order chi connectivity index (χ1) is 18.2. The highest BCUT2D eigenvalue weighted by Crippen LogP contribution is 2.36. The lowest BCUT2D eigenvalue weighted by Crippen LogP contribution is -2.42. The lowest BCUT2D eigenvalue weighted by molar-refractivity contribution is -0.129. The molecule has 0 radical (unpaired) electrons.